The van der Waals surface area contributed by atoms with Crippen LogP contribution in [0.1, 0.15) is 49.8 Å². The molecule has 1 aromatic carbocycles. The van der Waals surface area contributed by atoms with Crippen molar-refractivity contribution in [1.82, 2.24) is 0 Å². The third-order valence-electron chi connectivity index (χ3n) is 3.39. The van der Waals surface area contributed by atoms with Gasteiger partial charge in [0.1, 0.15) is 0 Å². The van der Waals surface area contributed by atoms with Crippen LogP contribution in [0, 0.1) is 6.92 Å². The van der Waals surface area contributed by atoms with Gasteiger partial charge in [0, 0.05) is 4.47 Å². The van der Waals surface area contributed by atoms with E-state index in [1.54, 1.807) is 5.56 Å². The molecule has 1 aliphatic rings. The number of halogens is 1. The van der Waals surface area contributed by atoms with Crippen molar-refractivity contribution in [2.24, 2.45) is 0 Å². The minimum Gasteiger partial charge on any atom is -0.0583 e. The molecule has 0 radical (unpaired) electrons. The minimum atomic E-state index is 0.350. The van der Waals surface area contributed by atoms with Crippen LogP contribution in [-0.4, -0.2) is 0 Å². The van der Waals surface area contributed by atoms with E-state index < -0.39 is 0 Å². The van der Waals surface area contributed by atoms with E-state index in [1.165, 1.54) is 22.0 Å². The number of fused-ring (bicyclic) bond motifs is 1. The Bertz CT molecular complexity index is 377. The molecule has 0 fully saturated rings. The van der Waals surface area contributed by atoms with Crippen LogP contribution in [0.25, 0.3) is 0 Å². The standard InChI is InChI=1S/C13H17Br/c1-8-5-6-10(14)11-9(2)7-13(3,4)12(8)11/h5-6,9H,7H2,1-4H3/t9-/m0/s1. The van der Waals surface area contributed by atoms with Gasteiger partial charge in [-0.15, -0.1) is 0 Å². The molecule has 0 heterocycles. The Kier molecular flexibility index (Phi) is 2.26. The zero-order valence-corrected chi connectivity index (χ0v) is 10.9. The fraction of sp³-hybridized carbons (Fsp3) is 0.538. The lowest BCUT2D eigenvalue weighted by Gasteiger charge is -2.21. The summed E-state index contributed by atoms with van der Waals surface area (Å²) in [4.78, 5) is 0. The van der Waals surface area contributed by atoms with Crippen LogP contribution in [0.4, 0.5) is 0 Å². The molecule has 0 unspecified atom stereocenters. The number of benzene rings is 1. The molecule has 1 aliphatic carbocycles. The Hall–Kier alpha value is -0.300. The van der Waals surface area contributed by atoms with Gasteiger partial charge in [-0.1, -0.05) is 42.8 Å². The van der Waals surface area contributed by atoms with Crippen molar-refractivity contribution < 1.29 is 0 Å². The zero-order chi connectivity index (χ0) is 10.5. The maximum Gasteiger partial charge on any atom is 0.0213 e. The normalized spacial score (nSPS) is 23.6. The van der Waals surface area contributed by atoms with Crippen molar-refractivity contribution >= 4 is 15.9 Å². The van der Waals surface area contributed by atoms with E-state index in [-0.39, 0.29) is 0 Å². The maximum absolute atomic E-state index is 3.67. The summed E-state index contributed by atoms with van der Waals surface area (Å²) in [5, 5.41) is 0. The van der Waals surface area contributed by atoms with Crippen molar-refractivity contribution in [3.05, 3.63) is 33.3 Å². The topological polar surface area (TPSA) is 0 Å². The minimum absolute atomic E-state index is 0.350. The average Bonchev–Trinajstić information content (AvgIpc) is 2.30. The summed E-state index contributed by atoms with van der Waals surface area (Å²) in [6.45, 7) is 9.27. The van der Waals surface area contributed by atoms with Crippen LogP contribution in [0.15, 0.2) is 16.6 Å². The lowest BCUT2D eigenvalue weighted by atomic mass is 9.84. The highest BCUT2D eigenvalue weighted by Crippen LogP contribution is 2.49. The molecule has 2 rings (SSSR count). The Labute approximate surface area is 94.8 Å². The van der Waals surface area contributed by atoms with Gasteiger partial charge in [0.2, 0.25) is 0 Å². The second kappa shape index (κ2) is 3.10. The van der Waals surface area contributed by atoms with Crippen LogP contribution in [-0.2, 0) is 5.41 Å². The summed E-state index contributed by atoms with van der Waals surface area (Å²) in [7, 11) is 0. The van der Waals surface area contributed by atoms with Gasteiger partial charge in [0.05, 0.1) is 0 Å². The third kappa shape index (κ3) is 1.33. The van der Waals surface area contributed by atoms with Crippen molar-refractivity contribution in [3.63, 3.8) is 0 Å². The second-order valence-electron chi connectivity index (χ2n) is 5.14. The lowest BCUT2D eigenvalue weighted by molar-refractivity contribution is 0.487. The van der Waals surface area contributed by atoms with Crippen LogP contribution in [0.5, 0.6) is 0 Å². The molecular formula is C13H17Br. The zero-order valence-electron chi connectivity index (χ0n) is 9.32. The first kappa shape index (κ1) is 10.2. The van der Waals surface area contributed by atoms with Crippen molar-refractivity contribution in [2.75, 3.05) is 0 Å². The largest absolute Gasteiger partial charge is 0.0583 e. The van der Waals surface area contributed by atoms with Crippen molar-refractivity contribution in [1.29, 1.82) is 0 Å². The maximum atomic E-state index is 3.67. The van der Waals surface area contributed by atoms with Gasteiger partial charge in [-0.05, 0) is 47.4 Å². The fourth-order valence-electron chi connectivity index (χ4n) is 3.05. The van der Waals surface area contributed by atoms with E-state index in [4.69, 9.17) is 0 Å². The smallest absolute Gasteiger partial charge is 0.0213 e. The van der Waals surface area contributed by atoms with Gasteiger partial charge in [-0.2, -0.15) is 0 Å². The summed E-state index contributed by atoms with van der Waals surface area (Å²) in [5.41, 5.74) is 4.90. The molecule has 1 aromatic rings. The van der Waals surface area contributed by atoms with Gasteiger partial charge < -0.3 is 0 Å². The van der Waals surface area contributed by atoms with Crippen molar-refractivity contribution in [3.8, 4) is 0 Å². The molecule has 1 heteroatoms. The molecule has 0 aromatic heterocycles. The average molecular weight is 253 g/mol. The van der Waals surface area contributed by atoms with E-state index in [0.29, 0.717) is 11.3 Å². The second-order valence-corrected chi connectivity index (χ2v) is 6.00. The molecule has 14 heavy (non-hydrogen) atoms. The molecular weight excluding hydrogens is 236 g/mol. The van der Waals surface area contributed by atoms with Crippen molar-refractivity contribution in [2.45, 2.75) is 45.4 Å². The molecule has 0 aliphatic heterocycles. The molecule has 76 valence electrons. The molecule has 0 amide bonds. The molecule has 0 spiro atoms. The number of aryl methyl sites for hydroxylation is 1. The highest BCUT2D eigenvalue weighted by molar-refractivity contribution is 9.10. The van der Waals surface area contributed by atoms with Crippen LogP contribution < -0.4 is 0 Å². The molecule has 0 saturated heterocycles. The van der Waals surface area contributed by atoms with E-state index >= 15 is 0 Å². The van der Waals surface area contributed by atoms with Gasteiger partial charge in [-0.3, -0.25) is 0 Å². The first-order valence-electron chi connectivity index (χ1n) is 5.23. The highest BCUT2D eigenvalue weighted by atomic mass is 79.9. The summed E-state index contributed by atoms with van der Waals surface area (Å²) in [6, 6.07) is 4.41. The Morgan fingerprint density at radius 1 is 1.36 bits per heavy atom. The highest BCUT2D eigenvalue weighted by Gasteiger charge is 2.36. The number of rotatable bonds is 0. The molecule has 0 N–H and O–H groups in total. The first-order valence-corrected chi connectivity index (χ1v) is 6.02. The van der Waals surface area contributed by atoms with E-state index in [0.717, 1.165) is 0 Å². The van der Waals surface area contributed by atoms with Crippen LogP contribution >= 0.6 is 15.9 Å². The fourth-order valence-corrected chi connectivity index (χ4v) is 3.77. The van der Waals surface area contributed by atoms with Gasteiger partial charge in [-0.25, -0.2) is 0 Å². The summed E-state index contributed by atoms with van der Waals surface area (Å²) < 4.78 is 1.29. The first-order chi connectivity index (χ1) is 6.43. The molecule has 1 atom stereocenters. The SMILES string of the molecule is Cc1ccc(Br)c2c1C(C)(C)C[C@@H]2C. The molecule has 0 bridgehead atoms. The molecule has 0 nitrogen and oxygen atoms in total. The van der Waals surface area contributed by atoms with Crippen LogP contribution in [0.3, 0.4) is 0 Å². The third-order valence-corrected chi connectivity index (χ3v) is 4.08. The van der Waals surface area contributed by atoms with Crippen LogP contribution in [0.2, 0.25) is 0 Å². The molecule has 0 saturated carbocycles. The summed E-state index contributed by atoms with van der Waals surface area (Å²) in [6.07, 6.45) is 1.27. The predicted octanol–water partition coefficient (Wildman–Crippen LogP) is 4.54. The van der Waals surface area contributed by atoms with Gasteiger partial charge >= 0.3 is 0 Å². The summed E-state index contributed by atoms with van der Waals surface area (Å²) >= 11 is 3.67. The quantitative estimate of drug-likeness (QED) is 0.636. The lowest BCUT2D eigenvalue weighted by Crippen LogP contribution is -2.13. The van der Waals surface area contributed by atoms with E-state index in [2.05, 4.69) is 55.8 Å². The Morgan fingerprint density at radius 2 is 2.00 bits per heavy atom. The van der Waals surface area contributed by atoms with Gasteiger partial charge in [0.15, 0.2) is 0 Å². The monoisotopic (exact) mass is 252 g/mol. The Balaban J connectivity index is 2.73. The predicted molar refractivity (Wildman–Crippen MR) is 64.9 cm³/mol. The summed E-state index contributed by atoms with van der Waals surface area (Å²) in [5.74, 6) is 0.689. The number of hydrogen-bond acceptors (Lipinski definition) is 0. The number of hydrogen-bond donors (Lipinski definition) is 0. The van der Waals surface area contributed by atoms with Gasteiger partial charge in [0.25, 0.3) is 0 Å². The van der Waals surface area contributed by atoms with E-state index in [1.807, 2.05) is 0 Å². The Morgan fingerprint density at radius 3 is 2.57 bits per heavy atom. The van der Waals surface area contributed by atoms with E-state index in [9.17, 15) is 0 Å².